The van der Waals surface area contributed by atoms with Crippen molar-refractivity contribution in [3.63, 3.8) is 0 Å². The van der Waals surface area contributed by atoms with Gasteiger partial charge in [0.2, 0.25) is 0 Å². The zero-order chi connectivity index (χ0) is 13.4. The molecule has 0 saturated heterocycles. The molecule has 0 aromatic heterocycles. The van der Waals surface area contributed by atoms with Crippen LogP contribution in [0.4, 0.5) is 5.69 Å². The molecule has 1 atom stereocenters. The number of carboxylic acids is 1. The molecule has 1 aromatic rings. The lowest BCUT2D eigenvalue weighted by Gasteiger charge is -2.32. The van der Waals surface area contributed by atoms with E-state index in [-0.39, 0.29) is 5.25 Å². The second-order valence-corrected chi connectivity index (χ2v) is 6.58. The van der Waals surface area contributed by atoms with Crippen LogP contribution in [0.2, 0.25) is 0 Å². The first-order chi connectivity index (χ1) is 8.40. The highest BCUT2D eigenvalue weighted by Crippen LogP contribution is 2.43. The number of aliphatic carboxylic acids is 1. The van der Waals surface area contributed by atoms with Crippen LogP contribution in [0.15, 0.2) is 21.5 Å². The third-order valence-corrected chi connectivity index (χ3v) is 4.36. The topological polar surface area (TPSA) is 57.6 Å². The van der Waals surface area contributed by atoms with Crippen LogP contribution in [-0.2, 0) is 9.59 Å². The molecule has 0 radical (unpaired) electrons. The lowest BCUT2D eigenvalue weighted by Crippen LogP contribution is -2.42. The fourth-order valence-corrected chi connectivity index (χ4v) is 4.12. The smallest absolute Gasteiger partial charge is 0.394 e. The molecule has 1 heterocycles. The molecule has 0 fully saturated rings. The Hall–Kier alpha value is -1.01. The largest absolute Gasteiger partial charge is 0.474 e. The van der Waals surface area contributed by atoms with Crippen molar-refractivity contribution in [3.8, 4) is 0 Å². The number of benzene rings is 1. The number of thioether (sulfide) groups is 1. The van der Waals surface area contributed by atoms with Gasteiger partial charge in [-0.05, 0) is 40.5 Å². The summed E-state index contributed by atoms with van der Waals surface area (Å²) in [7, 11) is 0. The van der Waals surface area contributed by atoms with Crippen LogP contribution in [-0.4, -0.2) is 28.8 Å². The highest BCUT2D eigenvalue weighted by atomic mass is 79.9. The molecule has 0 aliphatic carbocycles. The molecule has 1 amide bonds. The molecule has 1 unspecified atom stereocenters. The Morgan fingerprint density at radius 2 is 2.17 bits per heavy atom. The number of carboxylic acid groups (broad SMARTS) is 1. The molecule has 2 rings (SSSR count). The van der Waals surface area contributed by atoms with Gasteiger partial charge < -0.3 is 5.11 Å². The van der Waals surface area contributed by atoms with Crippen molar-refractivity contribution in [1.29, 1.82) is 0 Å². The summed E-state index contributed by atoms with van der Waals surface area (Å²) in [6.07, 6.45) is 0. The minimum atomic E-state index is -1.42. The lowest BCUT2D eigenvalue weighted by atomic mass is 10.2. The third kappa shape index (κ3) is 2.40. The molecule has 0 spiro atoms. The fourth-order valence-electron chi connectivity index (χ4n) is 1.96. The van der Waals surface area contributed by atoms with Gasteiger partial charge in [0.05, 0.1) is 5.69 Å². The lowest BCUT2D eigenvalue weighted by molar-refractivity contribution is -0.148. The monoisotopic (exact) mass is 329 g/mol. The quantitative estimate of drug-likeness (QED) is 0.743. The Labute approximate surface area is 117 Å². The van der Waals surface area contributed by atoms with Crippen molar-refractivity contribution in [2.45, 2.75) is 24.0 Å². The van der Waals surface area contributed by atoms with Crippen molar-refractivity contribution in [1.82, 2.24) is 0 Å². The summed E-state index contributed by atoms with van der Waals surface area (Å²) in [6.45, 7) is 4.35. The van der Waals surface area contributed by atoms with Crippen molar-refractivity contribution in [2.24, 2.45) is 0 Å². The summed E-state index contributed by atoms with van der Waals surface area (Å²) < 4.78 is 0.756. The average Bonchev–Trinajstić information content (AvgIpc) is 2.25. The van der Waals surface area contributed by atoms with E-state index in [0.29, 0.717) is 12.2 Å². The van der Waals surface area contributed by atoms with Gasteiger partial charge in [-0.2, -0.15) is 0 Å². The minimum Gasteiger partial charge on any atom is -0.474 e. The summed E-state index contributed by atoms with van der Waals surface area (Å²) in [5.74, 6) is -2.31. The number of aryl methyl sites for hydroxylation is 1. The van der Waals surface area contributed by atoms with Crippen LogP contribution >= 0.6 is 27.7 Å². The van der Waals surface area contributed by atoms with Crippen LogP contribution in [0.3, 0.4) is 0 Å². The fraction of sp³-hybridized carbons (Fsp3) is 0.333. The van der Waals surface area contributed by atoms with E-state index in [1.165, 1.54) is 4.90 Å². The maximum Gasteiger partial charge on any atom is 0.394 e. The number of anilines is 1. The van der Waals surface area contributed by atoms with Gasteiger partial charge in [-0.3, -0.25) is 9.69 Å². The van der Waals surface area contributed by atoms with Crippen LogP contribution < -0.4 is 4.90 Å². The summed E-state index contributed by atoms with van der Waals surface area (Å²) in [6, 6.07) is 3.86. The normalized spacial score (nSPS) is 18.4. The predicted molar refractivity (Wildman–Crippen MR) is 74.2 cm³/mol. The van der Waals surface area contributed by atoms with E-state index >= 15 is 0 Å². The molecular weight excluding hydrogens is 318 g/mol. The minimum absolute atomic E-state index is 0.175. The van der Waals surface area contributed by atoms with Gasteiger partial charge in [-0.1, -0.05) is 6.92 Å². The van der Waals surface area contributed by atoms with E-state index in [4.69, 9.17) is 5.11 Å². The van der Waals surface area contributed by atoms with Crippen LogP contribution in [0.1, 0.15) is 12.5 Å². The van der Waals surface area contributed by atoms with Crippen molar-refractivity contribution >= 4 is 45.3 Å². The SMILES string of the molecule is Cc1cc(Br)c2c(c1)SC(C)CN2C(=O)C(=O)O. The highest BCUT2D eigenvalue weighted by molar-refractivity contribution is 9.10. The Morgan fingerprint density at radius 3 is 2.78 bits per heavy atom. The number of hydrogen-bond acceptors (Lipinski definition) is 3. The van der Waals surface area contributed by atoms with Gasteiger partial charge >= 0.3 is 11.9 Å². The molecule has 0 bridgehead atoms. The predicted octanol–water partition coefficient (Wildman–Crippen LogP) is 2.67. The summed E-state index contributed by atoms with van der Waals surface area (Å²) in [5.41, 5.74) is 1.74. The van der Waals surface area contributed by atoms with Gasteiger partial charge in [0.15, 0.2) is 0 Å². The highest BCUT2D eigenvalue weighted by Gasteiger charge is 2.32. The number of carbonyl (C=O) groups is 2. The second kappa shape index (κ2) is 4.93. The summed E-state index contributed by atoms with van der Waals surface area (Å²) in [4.78, 5) is 24.9. The maximum atomic E-state index is 11.7. The van der Waals surface area contributed by atoms with Crippen LogP contribution in [0.5, 0.6) is 0 Å². The van der Waals surface area contributed by atoms with Crippen molar-refractivity contribution < 1.29 is 14.7 Å². The molecule has 96 valence electrons. The number of fused-ring (bicyclic) bond motifs is 1. The second-order valence-electron chi connectivity index (χ2n) is 4.24. The van der Waals surface area contributed by atoms with E-state index in [1.54, 1.807) is 11.8 Å². The Balaban J connectivity index is 2.54. The Kier molecular flexibility index (Phi) is 3.68. The van der Waals surface area contributed by atoms with E-state index in [0.717, 1.165) is 14.9 Å². The number of halogens is 1. The van der Waals surface area contributed by atoms with Crippen molar-refractivity contribution in [2.75, 3.05) is 11.4 Å². The van der Waals surface area contributed by atoms with Gasteiger partial charge in [0.1, 0.15) is 0 Å². The Morgan fingerprint density at radius 1 is 1.50 bits per heavy atom. The molecule has 18 heavy (non-hydrogen) atoms. The number of carbonyl (C=O) groups excluding carboxylic acids is 1. The van der Waals surface area contributed by atoms with E-state index in [2.05, 4.69) is 15.9 Å². The van der Waals surface area contributed by atoms with E-state index in [9.17, 15) is 9.59 Å². The first-order valence-electron chi connectivity index (χ1n) is 5.41. The molecule has 1 aliphatic rings. The molecular formula is C12H12BrNO3S. The standard InChI is InChI=1S/C12H12BrNO3S/c1-6-3-8(13)10-9(4-6)18-7(2)5-14(10)11(15)12(16)17/h3-4,7H,5H2,1-2H3,(H,16,17). The molecule has 1 aromatic carbocycles. The Bertz CT molecular complexity index is 532. The molecule has 0 saturated carbocycles. The number of amides is 1. The summed E-state index contributed by atoms with van der Waals surface area (Å²) in [5, 5.41) is 9.05. The molecule has 1 N–H and O–H groups in total. The van der Waals surface area contributed by atoms with Gasteiger partial charge in [0, 0.05) is 21.2 Å². The average molecular weight is 330 g/mol. The number of rotatable bonds is 0. The first kappa shape index (κ1) is 13.4. The zero-order valence-electron chi connectivity index (χ0n) is 9.94. The summed E-state index contributed by atoms with van der Waals surface area (Å²) >= 11 is 5.07. The van der Waals surface area contributed by atoms with Crippen LogP contribution in [0, 0.1) is 6.92 Å². The van der Waals surface area contributed by atoms with Gasteiger partial charge in [-0.25, -0.2) is 4.79 Å². The number of hydrogen-bond donors (Lipinski definition) is 1. The van der Waals surface area contributed by atoms with Gasteiger partial charge in [-0.15, -0.1) is 11.8 Å². The number of nitrogens with zero attached hydrogens (tertiary/aromatic N) is 1. The van der Waals surface area contributed by atoms with E-state index in [1.807, 2.05) is 26.0 Å². The van der Waals surface area contributed by atoms with E-state index < -0.39 is 11.9 Å². The van der Waals surface area contributed by atoms with Crippen molar-refractivity contribution in [3.05, 3.63) is 22.2 Å². The first-order valence-corrected chi connectivity index (χ1v) is 7.09. The molecule has 6 heteroatoms. The van der Waals surface area contributed by atoms with Crippen LogP contribution in [0.25, 0.3) is 0 Å². The third-order valence-electron chi connectivity index (χ3n) is 2.64. The maximum absolute atomic E-state index is 11.7. The zero-order valence-corrected chi connectivity index (χ0v) is 12.3. The molecule has 1 aliphatic heterocycles. The molecule has 4 nitrogen and oxygen atoms in total. The van der Waals surface area contributed by atoms with Gasteiger partial charge in [0.25, 0.3) is 0 Å².